The lowest BCUT2D eigenvalue weighted by atomic mass is 9.96. The third-order valence-corrected chi connectivity index (χ3v) is 5.68. The fourth-order valence-electron chi connectivity index (χ4n) is 3.46. The molecule has 0 aliphatic carbocycles. The zero-order valence-corrected chi connectivity index (χ0v) is 17.8. The van der Waals surface area contributed by atoms with Crippen LogP contribution in [0.25, 0.3) is 0 Å². The highest BCUT2D eigenvalue weighted by Crippen LogP contribution is 2.22. The van der Waals surface area contributed by atoms with Gasteiger partial charge in [-0.2, -0.15) is 5.10 Å². The van der Waals surface area contributed by atoms with Crippen molar-refractivity contribution in [1.29, 1.82) is 0 Å². The summed E-state index contributed by atoms with van der Waals surface area (Å²) in [6, 6.07) is 7.93. The molecule has 9 heteroatoms. The second-order valence-electron chi connectivity index (χ2n) is 7.53. The van der Waals surface area contributed by atoms with Crippen molar-refractivity contribution in [2.24, 2.45) is 11.7 Å². The topological polar surface area (TPSA) is 108 Å². The van der Waals surface area contributed by atoms with Crippen LogP contribution >= 0.6 is 11.6 Å². The minimum Gasteiger partial charge on any atom is -0.452 e. The van der Waals surface area contributed by atoms with Gasteiger partial charge in [0, 0.05) is 19.0 Å². The number of nitrogens with zero attached hydrogens (tertiary/aromatic N) is 3. The lowest BCUT2D eigenvalue weighted by Gasteiger charge is -2.30. The summed E-state index contributed by atoms with van der Waals surface area (Å²) in [6.45, 7) is 4.53. The number of ether oxygens (including phenoxy) is 1. The smallest absolute Gasteiger partial charge is 0.343 e. The second-order valence-corrected chi connectivity index (χ2v) is 7.89. The van der Waals surface area contributed by atoms with Crippen LogP contribution in [0.1, 0.15) is 40.0 Å². The standard InChI is InChI=1S/C21H25ClN4O4/c1-13-3-5-15(6-4-13)11-26-19(22)18(14(2)24-26)21(29)30-12-17(27)25-9-7-16(8-10-25)20(23)28/h3-6,16H,7-12H2,1-2H3,(H2,23,28). The number of carbonyl (C=O) groups excluding carboxylic acids is 3. The Balaban J connectivity index is 1.59. The molecule has 2 amide bonds. The monoisotopic (exact) mass is 432 g/mol. The van der Waals surface area contributed by atoms with E-state index < -0.39 is 5.97 Å². The van der Waals surface area contributed by atoms with E-state index in [0.717, 1.165) is 11.1 Å². The van der Waals surface area contributed by atoms with Gasteiger partial charge in [-0.3, -0.25) is 9.59 Å². The van der Waals surface area contributed by atoms with E-state index in [1.54, 1.807) is 11.8 Å². The van der Waals surface area contributed by atoms with Gasteiger partial charge < -0.3 is 15.4 Å². The van der Waals surface area contributed by atoms with E-state index >= 15 is 0 Å². The summed E-state index contributed by atoms with van der Waals surface area (Å²) in [4.78, 5) is 37.7. The average Bonchev–Trinajstić information content (AvgIpc) is 3.00. The minimum absolute atomic E-state index is 0.156. The lowest BCUT2D eigenvalue weighted by Crippen LogP contribution is -2.43. The first-order valence-corrected chi connectivity index (χ1v) is 10.2. The van der Waals surface area contributed by atoms with E-state index in [-0.39, 0.29) is 35.1 Å². The molecule has 8 nitrogen and oxygen atoms in total. The first-order chi connectivity index (χ1) is 14.3. The molecule has 0 saturated carbocycles. The number of benzene rings is 1. The zero-order chi connectivity index (χ0) is 21.8. The van der Waals surface area contributed by atoms with Gasteiger partial charge in [0.1, 0.15) is 10.7 Å². The van der Waals surface area contributed by atoms with Gasteiger partial charge >= 0.3 is 5.97 Å². The number of hydrogen-bond acceptors (Lipinski definition) is 5. The molecule has 30 heavy (non-hydrogen) atoms. The van der Waals surface area contributed by atoms with Crippen LogP contribution in [0.15, 0.2) is 24.3 Å². The van der Waals surface area contributed by atoms with Crippen LogP contribution in [-0.2, 0) is 20.9 Å². The highest BCUT2D eigenvalue weighted by Gasteiger charge is 2.27. The van der Waals surface area contributed by atoms with Crippen molar-refractivity contribution < 1.29 is 19.1 Å². The summed E-state index contributed by atoms with van der Waals surface area (Å²) in [5, 5.41) is 4.51. The predicted octanol–water partition coefficient (Wildman–Crippen LogP) is 2.08. The Hall–Kier alpha value is -2.87. The van der Waals surface area contributed by atoms with Crippen LogP contribution in [0.2, 0.25) is 5.15 Å². The quantitative estimate of drug-likeness (QED) is 0.703. The SMILES string of the molecule is Cc1ccc(Cn2nc(C)c(C(=O)OCC(=O)N3CCC(C(N)=O)CC3)c2Cl)cc1. The largest absolute Gasteiger partial charge is 0.452 e. The van der Waals surface area contributed by atoms with Crippen LogP contribution in [-0.4, -0.2) is 52.2 Å². The number of esters is 1. The maximum absolute atomic E-state index is 12.5. The third-order valence-electron chi connectivity index (χ3n) is 5.30. The Morgan fingerprint density at radius 3 is 2.40 bits per heavy atom. The molecular weight excluding hydrogens is 408 g/mol. The molecule has 1 fully saturated rings. The van der Waals surface area contributed by atoms with Gasteiger partial charge in [0.25, 0.3) is 5.91 Å². The van der Waals surface area contributed by atoms with Crippen molar-refractivity contribution in [1.82, 2.24) is 14.7 Å². The molecule has 2 heterocycles. The molecule has 1 aromatic heterocycles. The van der Waals surface area contributed by atoms with E-state index in [4.69, 9.17) is 22.1 Å². The van der Waals surface area contributed by atoms with Crippen molar-refractivity contribution in [3.63, 3.8) is 0 Å². The van der Waals surface area contributed by atoms with Crippen LogP contribution in [0.4, 0.5) is 0 Å². The number of halogens is 1. The first kappa shape index (κ1) is 21.8. The Morgan fingerprint density at radius 1 is 1.17 bits per heavy atom. The van der Waals surface area contributed by atoms with Crippen LogP contribution < -0.4 is 5.73 Å². The number of rotatable bonds is 6. The molecule has 2 N–H and O–H groups in total. The number of carbonyl (C=O) groups is 3. The summed E-state index contributed by atoms with van der Waals surface area (Å²) in [7, 11) is 0. The average molecular weight is 433 g/mol. The van der Waals surface area contributed by atoms with Gasteiger partial charge in [-0.1, -0.05) is 41.4 Å². The molecule has 1 saturated heterocycles. The summed E-state index contributed by atoms with van der Waals surface area (Å²) in [6.07, 6.45) is 1.04. The number of amides is 2. The highest BCUT2D eigenvalue weighted by atomic mass is 35.5. The molecule has 3 rings (SSSR count). The Labute approximate surface area is 179 Å². The summed E-state index contributed by atoms with van der Waals surface area (Å²) >= 11 is 6.38. The summed E-state index contributed by atoms with van der Waals surface area (Å²) in [5.41, 5.74) is 8.05. The highest BCUT2D eigenvalue weighted by molar-refractivity contribution is 6.32. The van der Waals surface area contributed by atoms with Gasteiger partial charge in [0.05, 0.1) is 12.2 Å². The minimum atomic E-state index is -0.687. The Kier molecular flexibility index (Phi) is 6.77. The van der Waals surface area contributed by atoms with E-state index in [2.05, 4.69) is 5.10 Å². The molecule has 1 aliphatic rings. The van der Waals surface area contributed by atoms with Gasteiger partial charge in [-0.05, 0) is 32.3 Å². The van der Waals surface area contributed by atoms with Crippen molar-refractivity contribution >= 4 is 29.4 Å². The molecular formula is C21H25ClN4O4. The zero-order valence-electron chi connectivity index (χ0n) is 17.1. The Bertz CT molecular complexity index is 947. The van der Waals surface area contributed by atoms with E-state index in [0.29, 0.717) is 38.2 Å². The molecule has 0 spiro atoms. The molecule has 1 aliphatic heterocycles. The van der Waals surface area contributed by atoms with Gasteiger partial charge in [-0.25, -0.2) is 9.48 Å². The molecule has 0 atom stereocenters. The molecule has 0 radical (unpaired) electrons. The first-order valence-electron chi connectivity index (χ1n) is 9.79. The normalized spacial score (nSPS) is 14.6. The predicted molar refractivity (Wildman–Crippen MR) is 111 cm³/mol. The summed E-state index contributed by atoms with van der Waals surface area (Å²) in [5.74, 6) is -1.56. The lowest BCUT2D eigenvalue weighted by molar-refractivity contribution is -0.137. The molecule has 160 valence electrons. The maximum Gasteiger partial charge on any atom is 0.343 e. The fraction of sp³-hybridized carbons (Fsp3) is 0.429. The molecule has 1 aromatic carbocycles. The number of likely N-dealkylation sites (tertiary alicyclic amines) is 1. The van der Waals surface area contributed by atoms with Gasteiger partial charge in [-0.15, -0.1) is 0 Å². The van der Waals surface area contributed by atoms with Crippen LogP contribution in [0.5, 0.6) is 0 Å². The number of nitrogens with two attached hydrogens (primary N) is 1. The maximum atomic E-state index is 12.5. The number of primary amides is 1. The van der Waals surface area contributed by atoms with Crippen molar-refractivity contribution in [3.8, 4) is 0 Å². The Morgan fingerprint density at radius 2 is 1.80 bits per heavy atom. The van der Waals surface area contributed by atoms with E-state index in [9.17, 15) is 14.4 Å². The van der Waals surface area contributed by atoms with Gasteiger partial charge in [0.15, 0.2) is 6.61 Å². The number of aryl methyl sites for hydroxylation is 2. The third kappa shape index (κ3) is 4.99. The molecule has 0 bridgehead atoms. The fourth-order valence-corrected chi connectivity index (χ4v) is 3.77. The number of piperidine rings is 1. The molecule has 2 aromatic rings. The van der Waals surface area contributed by atoms with Crippen molar-refractivity contribution in [2.45, 2.75) is 33.2 Å². The van der Waals surface area contributed by atoms with Crippen LogP contribution in [0, 0.1) is 19.8 Å². The van der Waals surface area contributed by atoms with Crippen molar-refractivity contribution in [2.75, 3.05) is 19.7 Å². The van der Waals surface area contributed by atoms with Crippen molar-refractivity contribution in [3.05, 3.63) is 51.8 Å². The molecule has 0 unspecified atom stereocenters. The summed E-state index contributed by atoms with van der Waals surface area (Å²) < 4.78 is 6.74. The number of hydrogen-bond donors (Lipinski definition) is 1. The second kappa shape index (κ2) is 9.30. The number of aromatic nitrogens is 2. The van der Waals surface area contributed by atoms with E-state index in [1.807, 2.05) is 31.2 Å². The van der Waals surface area contributed by atoms with Gasteiger partial charge in [0.2, 0.25) is 5.91 Å². The van der Waals surface area contributed by atoms with Crippen LogP contribution in [0.3, 0.4) is 0 Å². The van der Waals surface area contributed by atoms with E-state index in [1.165, 1.54) is 4.68 Å².